The normalized spacial score (nSPS) is 37.4. The van der Waals surface area contributed by atoms with Crippen LogP contribution in [-0.4, -0.2) is 75.1 Å². The molecule has 5 saturated carbocycles. The number of amides is 1. The Bertz CT molecular complexity index is 1530. The number of Topliss-reactive ketones (excluding diaryl/α,β-unsaturated/α-hetero) is 2. The van der Waals surface area contributed by atoms with Gasteiger partial charge in [-0.3, -0.25) is 19.3 Å². The highest BCUT2D eigenvalue weighted by molar-refractivity contribution is 6.24. The van der Waals surface area contributed by atoms with Gasteiger partial charge in [0.05, 0.1) is 11.6 Å². The van der Waals surface area contributed by atoms with Crippen LogP contribution in [0.15, 0.2) is 23.0 Å². The minimum absolute atomic E-state index is 0.0576. The summed E-state index contributed by atoms with van der Waals surface area (Å²) in [7, 11) is 3.07. The molecule has 0 aliphatic heterocycles. The number of rotatable bonds is 6. The number of aromatic hydroxyl groups is 1. The molecular formula is C33H40FN3O7. The maximum atomic E-state index is 16.1. The smallest absolute Gasteiger partial charge is 0.255 e. The second kappa shape index (κ2) is 9.86. The van der Waals surface area contributed by atoms with Crippen molar-refractivity contribution in [1.29, 1.82) is 0 Å². The second-order valence-corrected chi connectivity index (χ2v) is 14.7. The van der Waals surface area contributed by atoms with Crippen molar-refractivity contribution in [1.82, 2.24) is 10.2 Å². The number of primary amides is 1. The van der Waals surface area contributed by atoms with Crippen molar-refractivity contribution in [2.45, 2.75) is 69.6 Å². The number of hydrogen-bond donors (Lipinski definition) is 6. The molecule has 7 aliphatic carbocycles. The number of carbonyl (C=O) groups excluding carboxylic acids is 3. The summed E-state index contributed by atoms with van der Waals surface area (Å²) >= 11 is 0. The molecule has 1 amide bonds. The minimum Gasteiger partial charge on any atom is -0.508 e. The summed E-state index contributed by atoms with van der Waals surface area (Å²) < 4.78 is 16.1. The fraction of sp³-hybridized carbons (Fsp3) is 0.606. The van der Waals surface area contributed by atoms with Crippen molar-refractivity contribution in [2.24, 2.45) is 40.7 Å². The number of aliphatic hydroxyl groups excluding tert-OH is 2. The fourth-order valence-corrected chi connectivity index (χ4v) is 10.4. The van der Waals surface area contributed by atoms with Crippen molar-refractivity contribution < 1.29 is 39.2 Å². The third-order valence-corrected chi connectivity index (χ3v) is 11.7. The van der Waals surface area contributed by atoms with Crippen LogP contribution < -0.4 is 11.1 Å². The molecule has 236 valence electrons. The van der Waals surface area contributed by atoms with Gasteiger partial charge in [-0.15, -0.1) is 0 Å². The minimum atomic E-state index is -2.72. The average Bonchev–Trinajstić information content (AvgIpc) is 2.92. The third-order valence-electron chi connectivity index (χ3n) is 11.7. The van der Waals surface area contributed by atoms with Gasteiger partial charge in [0.1, 0.15) is 28.7 Å². The molecule has 0 spiro atoms. The Hall–Kier alpha value is -3.28. The van der Waals surface area contributed by atoms with E-state index in [0.717, 1.165) is 24.3 Å². The second-order valence-electron chi connectivity index (χ2n) is 14.7. The lowest BCUT2D eigenvalue weighted by Crippen LogP contribution is -2.65. The van der Waals surface area contributed by atoms with Gasteiger partial charge in [0.2, 0.25) is 5.78 Å². The van der Waals surface area contributed by atoms with E-state index in [1.165, 1.54) is 63.6 Å². The van der Waals surface area contributed by atoms with Crippen molar-refractivity contribution >= 4 is 23.2 Å². The molecule has 8 rings (SSSR count). The van der Waals surface area contributed by atoms with Gasteiger partial charge >= 0.3 is 0 Å². The zero-order valence-electron chi connectivity index (χ0n) is 25.0. The molecular weight excluding hydrogens is 569 g/mol. The van der Waals surface area contributed by atoms with Crippen molar-refractivity contribution in [3.63, 3.8) is 0 Å². The Morgan fingerprint density at radius 3 is 2.25 bits per heavy atom. The molecule has 0 saturated heterocycles. The van der Waals surface area contributed by atoms with Crippen LogP contribution in [0, 0.1) is 40.8 Å². The van der Waals surface area contributed by atoms with Crippen LogP contribution in [0.2, 0.25) is 0 Å². The number of hydrogen-bond acceptors (Lipinski definition) is 9. The Balaban J connectivity index is 1.21. The lowest BCUT2D eigenvalue weighted by Gasteiger charge is -2.57. The van der Waals surface area contributed by atoms with Gasteiger partial charge in [-0.05, 0) is 101 Å². The molecule has 1 aromatic rings. The van der Waals surface area contributed by atoms with E-state index in [0.29, 0.717) is 0 Å². The third kappa shape index (κ3) is 4.04. The van der Waals surface area contributed by atoms with Gasteiger partial charge in [0, 0.05) is 35.7 Å². The average molecular weight is 610 g/mol. The van der Waals surface area contributed by atoms with E-state index < -0.39 is 69.6 Å². The number of benzene rings is 1. The highest BCUT2D eigenvalue weighted by Crippen LogP contribution is 2.60. The van der Waals surface area contributed by atoms with Crippen LogP contribution in [0.4, 0.5) is 4.39 Å². The van der Waals surface area contributed by atoms with E-state index in [-0.39, 0.29) is 47.1 Å². The first kappa shape index (κ1) is 29.4. The Morgan fingerprint density at radius 2 is 1.68 bits per heavy atom. The first-order valence-corrected chi connectivity index (χ1v) is 15.6. The quantitative estimate of drug-likeness (QED) is 0.265. The fourth-order valence-electron chi connectivity index (χ4n) is 10.4. The number of phenolic OH excluding ortho intramolecular Hbond substituents is 1. The van der Waals surface area contributed by atoms with Crippen LogP contribution in [0.1, 0.15) is 61.6 Å². The number of ketones is 2. The van der Waals surface area contributed by atoms with Crippen LogP contribution in [0.3, 0.4) is 0 Å². The summed E-state index contributed by atoms with van der Waals surface area (Å²) in [5, 5.41) is 48.5. The van der Waals surface area contributed by atoms with Gasteiger partial charge in [0.15, 0.2) is 11.4 Å². The summed E-state index contributed by atoms with van der Waals surface area (Å²) in [6.07, 6.45) is 7.46. The Kier molecular flexibility index (Phi) is 6.59. The van der Waals surface area contributed by atoms with Crippen molar-refractivity contribution in [2.75, 3.05) is 20.6 Å². The monoisotopic (exact) mass is 609 g/mol. The zero-order valence-corrected chi connectivity index (χ0v) is 25.0. The molecule has 1 aromatic carbocycles. The highest BCUT2D eigenvalue weighted by Gasteiger charge is 2.64. The first-order valence-electron chi connectivity index (χ1n) is 15.6. The van der Waals surface area contributed by atoms with E-state index in [2.05, 4.69) is 5.32 Å². The summed E-state index contributed by atoms with van der Waals surface area (Å²) in [5.74, 6) is -5.71. The molecule has 4 atom stereocenters. The van der Waals surface area contributed by atoms with Gasteiger partial charge in [-0.25, -0.2) is 4.39 Å². The lowest BCUT2D eigenvalue weighted by molar-refractivity contribution is -0.153. The molecule has 7 aliphatic rings. The molecule has 4 bridgehead atoms. The Labute approximate surface area is 254 Å². The van der Waals surface area contributed by atoms with Gasteiger partial charge < -0.3 is 31.5 Å². The van der Waals surface area contributed by atoms with Crippen LogP contribution in [0.25, 0.3) is 5.76 Å². The van der Waals surface area contributed by atoms with Crippen LogP contribution >= 0.6 is 0 Å². The van der Waals surface area contributed by atoms with Gasteiger partial charge in [0.25, 0.3) is 5.91 Å². The largest absolute Gasteiger partial charge is 0.508 e. The molecule has 10 nitrogen and oxygen atoms in total. The molecule has 0 radical (unpaired) electrons. The number of halogens is 1. The lowest BCUT2D eigenvalue weighted by atomic mass is 9.49. The number of nitrogens with two attached hydrogens (primary N) is 1. The number of fused-ring (bicyclic) bond motifs is 3. The molecule has 7 N–H and O–H groups in total. The van der Waals surface area contributed by atoms with E-state index in [1.807, 2.05) is 0 Å². The number of phenols is 1. The number of likely N-dealkylation sites (N-methyl/N-ethyl adjacent to an activating group) is 1. The van der Waals surface area contributed by atoms with Gasteiger partial charge in [-0.2, -0.15) is 0 Å². The molecule has 44 heavy (non-hydrogen) atoms. The summed E-state index contributed by atoms with van der Waals surface area (Å²) in [6, 6.07) is 0.0676. The molecule has 11 heteroatoms. The molecule has 5 fully saturated rings. The van der Waals surface area contributed by atoms with E-state index in [9.17, 15) is 34.8 Å². The van der Waals surface area contributed by atoms with Crippen LogP contribution in [-0.2, 0) is 27.3 Å². The molecule has 0 unspecified atom stereocenters. The summed E-state index contributed by atoms with van der Waals surface area (Å²) in [6.45, 7) is 0.980. The number of nitrogens with zero attached hydrogens (tertiary/aromatic N) is 1. The van der Waals surface area contributed by atoms with E-state index >= 15 is 4.39 Å². The van der Waals surface area contributed by atoms with Crippen molar-refractivity contribution in [3.05, 3.63) is 45.5 Å². The van der Waals surface area contributed by atoms with Crippen molar-refractivity contribution in [3.8, 4) is 5.75 Å². The number of carbonyl (C=O) groups is 3. The maximum Gasteiger partial charge on any atom is 0.255 e. The maximum absolute atomic E-state index is 16.1. The zero-order chi connectivity index (χ0) is 31.5. The summed E-state index contributed by atoms with van der Waals surface area (Å²) in [5.41, 5.74) is 1.80. The standard InChI is InChI=1S/C33H40FN3O7/c1-37(2)26-20-7-17-6-19-23(27(39)22(17)29(41)33(20,44)30(42)24(28(26)40)31(35)43)21(38)8-18(25(19)34)12-36-13-32-9-14-3-15(10-32)5-16(4-14)11-32/h8,14-17,20,26,36,38-39,42,44H,3-7,9-13H2,1-2H3,(H2,35,43)/t14?,15?,16?,17-,20-,26-,32?,33-/m0/s1. The predicted molar refractivity (Wildman–Crippen MR) is 157 cm³/mol. The SMILES string of the molecule is CN(C)[C@@H]1C(=O)C(C(N)=O)=C(O)[C@@]2(O)C(=O)C3=C(O)c4c(O)cc(CNCC56CC7CC(CC(C7)C5)C6)c(F)c4C[C@H]3C[C@@H]12. The van der Waals surface area contributed by atoms with E-state index in [4.69, 9.17) is 5.73 Å². The topological polar surface area (TPSA) is 173 Å². The van der Waals surface area contributed by atoms with Gasteiger partial charge in [-0.1, -0.05) is 0 Å². The van der Waals surface area contributed by atoms with Crippen LogP contribution in [0.5, 0.6) is 5.75 Å². The first-order chi connectivity index (χ1) is 20.8. The predicted octanol–water partition coefficient (Wildman–Crippen LogP) is 2.41. The summed E-state index contributed by atoms with van der Waals surface area (Å²) in [4.78, 5) is 40.7. The number of aliphatic hydroxyl groups is 3. The Morgan fingerprint density at radius 1 is 1.07 bits per heavy atom. The highest BCUT2D eigenvalue weighted by atomic mass is 19.1. The van der Waals surface area contributed by atoms with E-state index in [1.54, 1.807) is 0 Å². The molecule has 0 aromatic heterocycles. The molecule has 0 heterocycles. The number of nitrogens with one attached hydrogen (secondary N) is 1.